The number of imide groups is 2. The monoisotopic (exact) mass is 1210 g/mol. The van der Waals surface area contributed by atoms with Gasteiger partial charge in [0.15, 0.2) is 0 Å². The Balaban J connectivity index is 1.10. The van der Waals surface area contributed by atoms with Crippen LogP contribution in [0.25, 0.3) is 70.3 Å². The van der Waals surface area contributed by atoms with E-state index in [0.717, 1.165) is 98.3 Å². The molecule has 0 bridgehead atoms. The molecule has 0 radical (unpaired) electrons. The van der Waals surface area contributed by atoms with Crippen molar-refractivity contribution in [3.05, 3.63) is 90.3 Å². The van der Waals surface area contributed by atoms with Crippen molar-refractivity contribution in [3.63, 3.8) is 0 Å². The van der Waals surface area contributed by atoms with Gasteiger partial charge in [-0.2, -0.15) is 0 Å². The Bertz CT molecular complexity index is 3420. The highest BCUT2D eigenvalue weighted by Gasteiger charge is 2.44. The summed E-state index contributed by atoms with van der Waals surface area (Å²) in [5.41, 5.74) is 4.65. The van der Waals surface area contributed by atoms with Gasteiger partial charge in [-0.3, -0.25) is 29.0 Å². The van der Waals surface area contributed by atoms with Gasteiger partial charge in [-0.1, -0.05) is 157 Å². The number of aryl methyl sites for hydroxylation is 2. The largest absolute Gasteiger partial charge is 0.274 e. The minimum Gasteiger partial charge on any atom is -0.274 e. The topological polar surface area (TPSA) is 74.8 Å². The molecular formula is C68H82N2O4S7. The van der Waals surface area contributed by atoms with Crippen LogP contribution < -0.4 is 0 Å². The molecule has 10 rings (SSSR count). The maximum absolute atomic E-state index is 15.2. The normalized spacial score (nSPS) is 14.3. The van der Waals surface area contributed by atoms with Crippen molar-refractivity contribution in [2.75, 3.05) is 13.1 Å². The first-order chi connectivity index (χ1) is 39.4. The number of carbonyl (C=O) groups excluding carboxylic acids is 4. The van der Waals surface area contributed by atoms with Crippen LogP contribution in [0.2, 0.25) is 0 Å². The van der Waals surface area contributed by atoms with E-state index in [1.165, 1.54) is 154 Å². The van der Waals surface area contributed by atoms with E-state index < -0.39 is 0 Å². The second-order valence-electron chi connectivity index (χ2n) is 22.9. The number of thiophene rings is 7. The maximum Gasteiger partial charge on any atom is 0.263 e. The van der Waals surface area contributed by atoms with Crippen LogP contribution in [0.5, 0.6) is 0 Å². The van der Waals surface area contributed by atoms with Crippen molar-refractivity contribution < 1.29 is 19.2 Å². The fourth-order valence-corrected chi connectivity index (χ4v) is 21.0. The lowest BCUT2D eigenvalue weighted by Gasteiger charge is -2.14. The highest BCUT2D eigenvalue weighted by Crippen LogP contribution is 2.57. The highest BCUT2D eigenvalue weighted by molar-refractivity contribution is 7.31. The third-order valence-electron chi connectivity index (χ3n) is 17.0. The van der Waals surface area contributed by atoms with E-state index in [1.54, 1.807) is 34.0 Å². The number of nitrogens with zero attached hydrogens (tertiary/aromatic N) is 2. The van der Waals surface area contributed by atoms with E-state index >= 15 is 9.59 Å². The molecule has 1 aromatic carbocycles. The summed E-state index contributed by atoms with van der Waals surface area (Å²) in [5.74, 6) is 0.550. The molecule has 8 aromatic rings. The summed E-state index contributed by atoms with van der Waals surface area (Å²) in [5, 5.41) is 2.51. The number of rotatable bonds is 31. The molecule has 13 heteroatoms. The molecule has 0 N–H and O–H groups in total. The van der Waals surface area contributed by atoms with Crippen molar-refractivity contribution in [3.8, 4) is 50.1 Å². The molecule has 81 heavy (non-hydrogen) atoms. The first-order valence-corrected chi connectivity index (χ1v) is 36.5. The minimum absolute atomic E-state index is 0.181. The van der Waals surface area contributed by atoms with Crippen molar-refractivity contribution in [1.82, 2.24) is 9.80 Å². The van der Waals surface area contributed by atoms with Gasteiger partial charge in [-0.15, -0.1) is 79.4 Å². The van der Waals surface area contributed by atoms with Gasteiger partial charge in [0.2, 0.25) is 0 Å². The zero-order valence-corrected chi connectivity index (χ0v) is 54.8. The molecule has 2 aliphatic heterocycles. The molecule has 7 aromatic heterocycles. The molecule has 0 saturated carbocycles. The molecule has 4 amide bonds. The molecule has 2 aliphatic rings. The number of fused-ring (bicyclic) bond motifs is 4. The Morgan fingerprint density at radius 2 is 0.802 bits per heavy atom. The van der Waals surface area contributed by atoms with E-state index in [9.17, 15) is 9.59 Å². The molecular weight excluding hydrogens is 1130 g/mol. The zero-order chi connectivity index (χ0) is 56.9. The molecule has 430 valence electrons. The van der Waals surface area contributed by atoms with E-state index in [1.807, 2.05) is 40.9 Å². The molecule has 6 nitrogen and oxygen atoms in total. The Kier molecular flexibility index (Phi) is 20.2. The van der Waals surface area contributed by atoms with Crippen LogP contribution >= 0.6 is 79.4 Å². The lowest BCUT2D eigenvalue weighted by Crippen LogP contribution is -2.31. The van der Waals surface area contributed by atoms with Gasteiger partial charge >= 0.3 is 0 Å². The van der Waals surface area contributed by atoms with Gasteiger partial charge in [0.05, 0.1) is 36.9 Å². The number of hydrogen-bond acceptors (Lipinski definition) is 11. The molecule has 2 unspecified atom stereocenters. The van der Waals surface area contributed by atoms with Crippen LogP contribution in [0, 0.1) is 25.7 Å². The lowest BCUT2D eigenvalue weighted by atomic mass is 9.95. The fraction of sp³-hybridized carbons (Fsp3) is 0.500. The summed E-state index contributed by atoms with van der Waals surface area (Å²) in [6, 6.07) is 18.4. The Hall–Kier alpha value is -4.08. The quantitative estimate of drug-likeness (QED) is 0.0321. The second-order valence-corrected chi connectivity index (χ2v) is 30.9. The summed E-state index contributed by atoms with van der Waals surface area (Å²) >= 11 is 12.2. The number of benzene rings is 1. The maximum atomic E-state index is 15.2. The van der Waals surface area contributed by atoms with Gasteiger partial charge in [0.25, 0.3) is 23.6 Å². The smallest absolute Gasteiger partial charge is 0.263 e. The van der Waals surface area contributed by atoms with Crippen molar-refractivity contribution in [2.24, 2.45) is 11.8 Å². The standard InChI is InChI=1S/C68H82N2O4S7/c1-9-15-19-21-23-25-35-69-65(71)54-42(8)76-62(57(54)66(69)72)51-33-34-52(79-51)63-58-59(68(74)70(67(58)73)36-26-24-22-20-16-10-2)64(81-63)53-40-48-56(50-32-30-46(78-50)39-44(14-6)28-18-12-4)60-47(37-41(7)75-60)55(61(48)80-53)49-31-29-45(77-49)38-43(13-5)27-17-11-3/h29-34,37,40,43-44H,9-28,35-36,38-39H2,1-8H3. The van der Waals surface area contributed by atoms with Crippen LogP contribution in [0.4, 0.5) is 0 Å². The summed E-state index contributed by atoms with van der Waals surface area (Å²) in [6.07, 6.45) is 24.9. The average Bonchev–Trinajstić information content (AvgIpc) is 3.99. The molecule has 2 atom stereocenters. The van der Waals surface area contributed by atoms with E-state index in [4.69, 9.17) is 0 Å². The summed E-state index contributed by atoms with van der Waals surface area (Å²) in [4.78, 5) is 74.3. The number of carbonyl (C=O) groups is 4. The predicted molar refractivity (Wildman–Crippen MR) is 355 cm³/mol. The second kappa shape index (κ2) is 27.3. The molecule has 0 aliphatic carbocycles. The third kappa shape index (κ3) is 12.4. The molecule has 0 spiro atoms. The van der Waals surface area contributed by atoms with Crippen LogP contribution in [-0.4, -0.2) is 46.5 Å². The first-order valence-electron chi connectivity index (χ1n) is 30.7. The van der Waals surface area contributed by atoms with Crippen LogP contribution in [-0.2, 0) is 12.8 Å². The third-order valence-corrected chi connectivity index (χ3v) is 25.4. The van der Waals surface area contributed by atoms with Gasteiger partial charge in [-0.25, -0.2) is 0 Å². The van der Waals surface area contributed by atoms with Gasteiger partial charge in [0.1, 0.15) is 0 Å². The number of hydrogen-bond donors (Lipinski definition) is 0. The van der Waals surface area contributed by atoms with Crippen molar-refractivity contribution in [2.45, 2.75) is 197 Å². The van der Waals surface area contributed by atoms with Gasteiger partial charge in [0, 0.05) is 88.3 Å². The molecule has 0 saturated heterocycles. The average molecular weight is 1220 g/mol. The predicted octanol–water partition coefficient (Wildman–Crippen LogP) is 22.8. The zero-order valence-electron chi connectivity index (χ0n) is 49.1. The van der Waals surface area contributed by atoms with Gasteiger partial charge in [-0.05, 0) is 99.9 Å². The van der Waals surface area contributed by atoms with E-state index in [-0.39, 0.29) is 23.6 Å². The van der Waals surface area contributed by atoms with Gasteiger partial charge < -0.3 is 0 Å². The van der Waals surface area contributed by atoms with Crippen molar-refractivity contribution in [1.29, 1.82) is 0 Å². The SMILES string of the molecule is CCCCCCCCN1C(=O)c2c(C)sc(-c3ccc(-c4sc(-c5cc6c(-c7ccc(CC(CC)CCCC)s7)c7sc(C)cc7c(-c7ccc(CC(CC)CCCC)s7)c6s5)c5c4C(=O)N(CCCCCCCC)C5=O)s3)c2C1=O. The van der Waals surface area contributed by atoms with E-state index in [0.29, 0.717) is 47.2 Å². The summed E-state index contributed by atoms with van der Waals surface area (Å²) in [6.45, 7) is 18.7. The van der Waals surface area contributed by atoms with Crippen LogP contribution in [0.3, 0.4) is 0 Å². The minimum atomic E-state index is -0.209. The molecule has 9 heterocycles. The number of unbranched alkanes of at least 4 members (excludes halogenated alkanes) is 12. The number of amides is 4. The first kappa shape index (κ1) is 60.1. The van der Waals surface area contributed by atoms with Crippen LogP contribution in [0.1, 0.15) is 231 Å². The lowest BCUT2D eigenvalue weighted by molar-refractivity contribution is 0.0636. The van der Waals surface area contributed by atoms with E-state index in [2.05, 4.69) is 97.0 Å². The summed E-state index contributed by atoms with van der Waals surface area (Å²) in [7, 11) is 0. The van der Waals surface area contributed by atoms with Crippen LogP contribution in [0.15, 0.2) is 48.5 Å². The highest BCUT2D eigenvalue weighted by atomic mass is 32.1. The Morgan fingerprint density at radius 1 is 0.383 bits per heavy atom. The Labute approximate surface area is 510 Å². The fourth-order valence-electron chi connectivity index (χ4n) is 12.4. The summed E-state index contributed by atoms with van der Waals surface area (Å²) < 4.78 is 2.55. The molecule has 0 fully saturated rings. The Morgan fingerprint density at radius 3 is 1.31 bits per heavy atom. The van der Waals surface area contributed by atoms with Crippen molar-refractivity contribution >= 4 is 123 Å².